The summed E-state index contributed by atoms with van der Waals surface area (Å²) in [6.45, 7) is 7.05. The number of methoxy groups -OCH3 is 1. The number of hydrogen-bond donors (Lipinski definition) is 3. The lowest BCUT2D eigenvalue weighted by molar-refractivity contribution is -0.158. The second kappa shape index (κ2) is 38.7. The van der Waals surface area contributed by atoms with Crippen LogP contribution in [0.1, 0.15) is 192 Å². The molecular formula is C79H117ClF3N13O13. The van der Waals surface area contributed by atoms with Crippen LogP contribution in [0, 0.1) is 23.7 Å². The molecule has 12 amide bonds. The number of aromatic nitrogens is 1. The quantitative estimate of drug-likeness (QED) is 0.171. The maximum Gasteiger partial charge on any atom is 0.417 e. The molecule has 4 heterocycles. The molecule has 30 heteroatoms. The molecule has 9 atom stereocenters. The first kappa shape index (κ1) is 86.5. The lowest BCUT2D eigenvalue weighted by atomic mass is 9.81. The van der Waals surface area contributed by atoms with E-state index in [2.05, 4.69) is 20.9 Å². The highest BCUT2D eigenvalue weighted by Crippen LogP contribution is 2.39. The third-order valence-corrected chi connectivity index (χ3v) is 24.2. The molecule has 6 fully saturated rings. The van der Waals surface area contributed by atoms with E-state index in [1.165, 1.54) is 104 Å². The van der Waals surface area contributed by atoms with Gasteiger partial charge in [-0.15, -0.1) is 0 Å². The number of halogens is 4. The average Bonchev–Trinajstić information content (AvgIpc) is 1.74. The minimum atomic E-state index is -4.79. The van der Waals surface area contributed by atoms with Gasteiger partial charge in [-0.2, -0.15) is 13.2 Å². The molecule has 1 aromatic heterocycles. The Kier molecular flexibility index (Phi) is 30.7. The predicted molar refractivity (Wildman–Crippen MR) is 402 cm³/mol. The third kappa shape index (κ3) is 21.5. The van der Waals surface area contributed by atoms with Crippen LogP contribution in [0.2, 0.25) is 5.02 Å². The van der Waals surface area contributed by atoms with E-state index in [1.54, 1.807) is 17.9 Å². The highest BCUT2D eigenvalue weighted by Gasteiger charge is 2.52. The predicted octanol–water partition coefficient (Wildman–Crippen LogP) is 7.05. The number of benzene rings is 1. The minimum absolute atomic E-state index is 0.000888. The number of rotatable bonds is 14. The van der Waals surface area contributed by atoms with Crippen LogP contribution < -0.4 is 20.7 Å². The molecule has 8 rings (SSSR count). The van der Waals surface area contributed by atoms with Crippen molar-refractivity contribution < 1.29 is 75.4 Å². The Balaban J connectivity index is 1.23. The fourth-order valence-electron chi connectivity index (χ4n) is 16.8. The Bertz CT molecular complexity index is 3580. The van der Waals surface area contributed by atoms with E-state index >= 15 is 38.4 Å². The SMILES string of the molecule is CC[C@H](C)[C@@H]1NC(=O)[C@H](CC(C)C)N(C)C(=O)C[C@@H](C(=O)N2CCCCC2)N(C)C(=O)[C@H](C2CCCCC2)N(C)C(=O)C2(CCCC2)NC(=O)[C@H](Cc2cncc(OC)c2)N(C)C(=O)[C@H](CCc2ccc(C(F)(F)F)c(Cl)c2)NC(=O)CN(C)C(=O)[C@H](CC2CCCCC2)N(C)C(=O)C2CCN2C(=O)CN(C)C1=O. The standard InChI is InChI=1S/C79H117ClF3N13O13/c1-13-50(4)67-75(106)89(6)48-66(99)96-38-33-59(96)73(104)92(9)62(42-51-25-17-14-18-26-51)72(103)88(5)47-64(97)85-58(32-30-52-29-31-56(57(80)41-52)79(81,82)83)71(102)91(8)61(43-53-40-55(109-12)46-84-45-53)70(101)87-78(34-21-22-35-78)77(108)94(11)68(54-27-19-15-20-28-54)76(107)93(10)63(74(105)95-36-23-16-24-37-95)44-65(98)90(7)60(39-49(2)3)69(100)86-67/h29,31,40-41,45-46,49-51,54,58-63,67-68H,13-28,30,32-39,42-44,47-48H2,1-12H3,(H,85,97)(H,86,100)(H,87,101)/t50-,58-,59?,60-,61-,62-,63-,67-,68-/m0/s1. The number of likely N-dealkylation sites (N-methyl/N-ethyl adjacent to an activating group) is 7. The van der Waals surface area contributed by atoms with Crippen LogP contribution in [0.4, 0.5) is 13.2 Å². The van der Waals surface area contributed by atoms with Gasteiger partial charge in [0.2, 0.25) is 70.9 Å². The summed E-state index contributed by atoms with van der Waals surface area (Å²) in [4.78, 5) is 199. The highest BCUT2D eigenvalue weighted by molar-refractivity contribution is 6.31. The third-order valence-electron chi connectivity index (χ3n) is 23.8. The summed E-state index contributed by atoms with van der Waals surface area (Å²) >= 11 is 6.23. The van der Waals surface area contributed by atoms with Gasteiger partial charge in [-0.3, -0.25) is 62.5 Å². The van der Waals surface area contributed by atoms with Gasteiger partial charge in [0.1, 0.15) is 59.6 Å². The van der Waals surface area contributed by atoms with Crippen molar-refractivity contribution in [1.29, 1.82) is 0 Å². The van der Waals surface area contributed by atoms with E-state index < -0.39 is 173 Å². The Hall–Kier alpha value is -8.11. The van der Waals surface area contributed by atoms with Gasteiger partial charge in [0.15, 0.2) is 0 Å². The average molecular weight is 1550 g/mol. The van der Waals surface area contributed by atoms with Crippen molar-refractivity contribution in [2.24, 2.45) is 23.7 Å². The number of nitrogens with zero attached hydrogens (tertiary/aromatic N) is 10. The summed E-state index contributed by atoms with van der Waals surface area (Å²) in [5.74, 6) is -8.80. The number of fused-ring (bicyclic) bond motifs is 1. The Morgan fingerprint density at radius 3 is 1.86 bits per heavy atom. The van der Waals surface area contributed by atoms with Gasteiger partial charge < -0.3 is 64.8 Å². The number of amides is 12. The number of likely N-dealkylation sites (tertiary alicyclic amines) is 1. The number of piperidine rings is 1. The molecule has 1 spiro atoms. The van der Waals surface area contributed by atoms with Crippen molar-refractivity contribution >= 4 is 82.5 Å². The van der Waals surface area contributed by atoms with Gasteiger partial charge in [-0.25, -0.2) is 0 Å². The maximum absolute atomic E-state index is 16.1. The van der Waals surface area contributed by atoms with E-state index in [0.717, 1.165) is 66.9 Å². The number of aryl methyl sites for hydroxylation is 1. The molecule has 604 valence electrons. The second-order valence-electron chi connectivity index (χ2n) is 32.0. The van der Waals surface area contributed by atoms with Crippen LogP contribution in [0.3, 0.4) is 0 Å². The van der Waals surface area contributed by atoms with Crippen molar-refractivity contribution in [3.63, 3.8) is 0 Å². The highest BCUT2D eigenvalue weighted by atomic mass is 35.5. The number of pyridine rings is 1. The molecule has 26 nitrogen and oxygen atoms in total. The smallest absolute Gasteiger partial charge is 0.417 e. The van der Waals surface area contributed by atoms with E-state index in [0.29, 0.717) is 82.2 Å². The number of carbonyl (C=O) groups is 12. The zero-order valence-corrected chi connectivity index (χ0v) is 66.7. The zero-order valence-electron chi connectivity index (χ0n) is 65.9. The fourth-order valence-corrected chi connectivity index (χ4v) is 17.1. The zero-order chi connectivity index (χ0) is 79.9. The Labute approximate surface area is 645 Å². The number of ether oxygens (including phenoxy) is 1. The largest absolute Gasteiger partial charge is 0.495 e. The van der Waals surface area contributed by atoms with Gasteiger partial charge in [-0.1, -0.05) is 116 Å². The summed E-state index contributed by atoms with van der Waals surface area (Å²) in [5.41, 5.74) is -2.12. The lowest BCUT2D eigenvalue weighted by Crippen LogP contribution is -2.66. The summed E-state index contributed by atoms with van der Waals surface area (Å²) in [7, 11) is 11.4. The molecule has 1 aromatic carbocycles. The topological polar surface area (TPSA) is 292 Å². The number of nitrogens with one attached hydrogen (secondary N) is 3. The van der Waals surface area contributed by atoms with Gasteiger partial charge in [0.05, 0.1) is 43.4 Å². The number of alkyl halides is 3. The first-order valence-electron chi connectivity index (χ1n) is 39.3. The van der Waals surface area contributed by atoms with E-state index in [4.69, 9.17) is 16.3 Å². The van der Waals surface area contributed by atoms with Crippen LogP contribution in [0.25, 0.3) is 0 Å². The first-order valence-corrected chi connectivity index (χ1v) is 39.7. The van der Waals surface area contributed by atoms with Crippen molar-refractivity contribution in [1.82, 2.24) is 65.0 Å². The summed E-state index contributed by atoms with van der Waals surface area (Å²) in [6.07, 6.45) is 8.75. The van der Waals surface area contributed by atoms with Crippen molar-refractivity contribution in [2.75, 3.05) is 89.2 Å². The normalized spacial score (nSPS) is 26.2. The molecule has 3 saturated carbocycles. The van der Waals surface area contributed by atoms with E-state index in [-0.39, 0.29) is 75.3 Å². The summed E-state index contributed by atoms with van der Waals surface area (Å²) in [6, 6.07) is -5.59. The minimum Gasteiger partial charge on any atom is -0.495 e. The molecule has 1 unspecified atom stereocenters. The molecule has 6 aliphatic rings. The molecule has 0 radical (unpaired) electrons. The van der Waals surface area contributed by atoms with Crippen LogP contribution >= 0.6 is 11.6 Å². The molecule has 3 aliphatic heterocycles. The molecule has 3 aliphatic carbocycles. The van der Waals surface area contributed by atoms with Crippen molar-refractivity contribution in [3.05, 3.63) is 58.4 Å². The van der Waals surface area contributed by atoms with Crippen LogP contribution in [-0.4, -0.2) is 263 Å². The van der Waals surface area contributed by atoms with Crippen LogP contribution in [-0.2, 0) is 76.6 Å². The Morgan fingerprint density at radius 2 is 1.27 bits per heavy atom. The van der Waals surface area contributed by atoms with Gasteiger partial charge in [0, 0.05) is 81.6 Å². The molecule has 3 N–H and O–H groups in total. The van der Waals surface area contributed by atoms with Crippen molar-refractivity contribution in [2.45, 2.75) is 248 Å². The van der Waals surface area contributed by atoms with Gasteiger partial charge in [0.25, 0.3) is 0 Å². The molecule has 109 heavy (non-hydrogen) atoms. The Morgan fingerprint density at radius 1 is 0.642 bits per heavy atom. The fraction of sp³-hybridized carbons (Fsp3) is 0.709. The summed E-state index contributed by atoms with van der Waals surface area (Å²) < 4.78 is 47.7. The first-order chi connectivity index (χ1) is 51.6. The number of carbonyl (C=O) groups excluding carboxylic acids is 12. The monoisotopic (exact) mass is 1550 g/mol. The van der Waals surface area contributed by atoms with Crippen LogP contribution in [0.15, 0.2) is 36.7 Å². The molecule has 0 bridgehead atoms. The molecular weight excluding hydrogens is 1430 g/mol. The molecule has 3 saturated heterocycles. The van der Waals surface area contributed by atoms with E-state index in [9.17, 15) is 32.3 Å². The molecule has 2 aromatic rings. The van der Waals surface area contributed by atoms with Crippen molar-refractivity contribution in [3.8, 4) is 5.75 Å². The number of hydrogen-bond acceptors (Lipinski definition) is 14. The summed E-state index contributed by atoms with van der Waals surface area (Å²) in [5, 5.41) is 8.21. The van der Waals surface area contributed by atoms with Gasteiger partial charge in [-0.05, 0) is 130 Å². The maximum atomic E-state index is 16.1. The second-order valence-corrected chi connectivity index (χ2v) is 32.4. The lowest BCUT2D eigenvalue weighted by Gasteiger charge is -2.44. The van der Waals surface area contributed by atoms with Gasteiger partial charge >= 0.3 is 6.18 Å². The van der Waals surface area contributed by atoms with Crippen LogP contribution in [0.5, 0.6) is 5.75 Å². The van der Waals surface area contributed by atoms with E-state index in [1.807, 2.05) is 20.8 Å².